The molecule has 0 unspecified atom stereocenters. The summed E-state index contributed by atoms with van der Waals surface area (Å²) in [4.78, 5) is 0. The fourth-order valence-electron chi connectivity index (χ4n) is 5.93. The topological polar surface area (TPSA) is 12.0 Å². The minimum atomic E-state index is 0.114. The summed E-state index contributed by atoms with van der Waals surface area (Å²) in [6.45, 7) is 4.65. The molecule has 0 heterocycles. The Morgan fingerprint density at radius 1 is 0.613 bits per heavy atom. The second kappa shape index (κ2) is 6.85. The molecule has 1 heteroatoms. The van der Waals surface area contributed by atoms with Crippen molar-refractivity contribution in [3.63, 3.8) is 0 Å². The van der Waals surface area contributed by atoms with E-state index < -0.39 is 0 Å². The van der Waals surface area contributed by atoms with Crippen LogP contribution in [0.5, 0.6) is 0 Å². The number of hydrogen-bond donors (Lipinski definition) is 1. The van der Waals surface area contributed by atoms with Crippen LogP contribution in [0.25, 0.3) is 22.3 Å². The van der Waals surface area contributed by atoms with Crippen LogP contribution in [0.3, 0.4) is 0 Å². The molecule has 0 saturated heterocycles. The van der Waals surface area contributed by atoms with Crippen LogP contribution in [-0.4, -0.2) is 0 Å². The zero-order valence-electron chi connectivity index (χ0n) is 18.2. The molecule has 0 spiro atoms. The summed E-state index contributed by atoms with van der Waals surface area (Å²) >= 11 is 0. The van der Waals surface area contributed by atoms with Gasteiger partial charge >= 0.3 is 0 Å². The molecule has 0 saturated carbocycles. The summed E-state index contributed by atoms with van der Waals surface area (Å²) in [5, 5.41) is 3.70. The lowest BCUT2D eigenvalue weighted by Gasteiger charge is -2.30. The number of rotatable bonds is 4. The molecule has 0 fully saturated rings. The van der Waals surface area contributed by atoms with Crippen LogP contribution in [0, 0.1) is 0 Å². The van der Waals surface area contributed by atoms with Crippen LogP contribution >= 0.6 is 0 Å². The lowest BCUT2D eigenvalue weighted by Crippen LogP contribution is -2.23. The highest BCUT2D eigenvalue weighted by atomic mass is 14.9. The molecule has 31 heavy (non-hydrogen) atoms. The molecule has 1 nitrogen and oxygen atoms in total. The maximum absolute atomic E-state index is 3.70. The first-order chi connectivity index (χ1) is 15.2. The minimum absolute atomic E-state index is 0.114. The van der Waals surface area contributed by atoms with Gasteiger partial charge in [0.1, 0.15) is 0 Å². The number of hydrogen-bond acceptors (Lipinski definition) is 1. The Labute approximate surface area is 184 Å². The van der Waals surface area contributed by atoms with Crippen molar-refractivity contribution in [2.24, 2.45) is 0 Å². The highest BCUT2D eigenvalue weighted by Gasteiger charge is 2.40. The van der Waals surface area contributed by atoms with E-state index in [-0.39, 0.29) is 5.41 Å². The minimum Gasteiger partial charge on any atom is -0.356 e. The third kappa shape index (κ3) is 2.63. The van der Waals surface area contributed by atoms with Crippen molar-refractivity contribution in [3.05, 3.63) is 107 Å². The molecule has 0 radical (unpaired) electrons. The van der Waals surface area contributed by atoms with Crippen LogP contribution in [-0.2, 0) is 11.8 Å². The second-order valence-corrected chi connectivity index (χ2v) is 8.93. The molecule has 152 valence electrons. The molecule has 1 N–H and O–H groups in total. The Morgan fingerprint density at radius 3 is 2.03 bits per heavy atom. The van der Waals surface area contributed by atoms with Gasteiger partial charge in [0, 0.05) is 16.8 Å². The quantitative estimate of drug-likeness (QED) is 0.321. The molecule has 0 amide bonds. The third-order valence-corrected chi connectivity index (χ3v) is 7.56. The van der Waals surface area contributed by atoms with Gasteiger partial charge in [-0.1, -0.05) is 74.5 Å². The Morgan fingerprint density at radius 2 is 1.23 bits per heavy atom. The zero-order valence-corrected chi connectivity index (χ0v) is 18.2. The maximum Gasteiger partial charge on any atom is 0.0387 e. The lowest BCUT2D eigenvalue weighted by molar-refractivity contribution is 0.490. The molecule has 4 aromatic rings. The largest absolute Gasteiger partial charge is 0.356 e. The van der Waals surface area contributed by atoms with E-state index in [9.17, 15) is 0 Å². The monoisotopic (exact) mass is 401 g/mol. The first-order valence-corrected chi connectivity index (χ1v) is 11.5. The van der Waals surface area contributed by atoms with Crippen molar-refractivity contribution >= 4 is 11.4 Å². The Kier molecular flexibility index (Phi) is 4.08. The molecule has 6 rings (SSSR count). The van der Waals surface area contributed by atoms with E-state index in [0.717, 1.165) is 19.3 Å². The first-order valence-electron chi connectivity index (χ1n) is 11.5. The van der Waals surface area contributed by atoms with Crippen molar-refractivity contribution in [3.8, 4) is 22.3 Å². The number of fused-ring (bicyclic) bond motifs is 6. The normalized spacial score (nSPS) is 14.5. The molecular weight excluding hydrogens is 374 g/mol. The van der Waals surface area contributed by atoms with Gasteiger partial charge in [-0.2, -0.15) is 0 Å². The van der Waals surface area contributed by atoms with Gasteiger partial charge in [0.05, 0.1) is 0 Å². The van der Waals surface area contributed by atoms with Crippen LogP contribution in [0.2, 0.25) is 0 Å². The molecule has 0 atom stereocenters. The highest BCUT2D eigenvalue weighted by Crippen LogP contribution is 2.53. The van der Waals surface area contributed by atoms with Crippen LogP contribution in [0.15, 0.2) is 84.9 Å². The molecule has 0 aromatic heterocycles. The van der Waals surface area contributed by atoms with Gasteiger partial charge in [0.25, 0.3) is 0 Å². The predicted molar refractivity (Wildman–Crippen MR) is 131 cm³/mol. The number of nitrogens with one attached hydrogen (secondary N) is 1. The summed E-state index contributed by atoms with van der Waals surface area (Å²) in [6.07, 6.45) is 3.26. The molecule has 4 aromatic carbocycles. The summed E-state index contributed by atoms with van der Waals surface area (Å²) in [5.41, 5.74) is 13.8. The Bertz CT molecular complexity index is 1310. The van der Waals surface area contributed by atoms with E-state index in [1.807, 2.05) is 0 Å². The number of benzene rings is 4. The smallest absolute Gasteiger partial charge is 0.0387 e. The van der Waals surface area contributed by atoms with E-state index in [4.69, 9.17) is 0 Å². The third-order valence-electron chi connectivity index (χ3n) is 7.56. The Hall–Kier alpha value is -3.32. The molecule has 2 aliphatic rings. The van der Waals surface area contributed by atoms with E-state index in [1.165, 1.54) is 55.9 Å². The van der Waals surface area contributed by atoms with Crippen molar-refractivity contribution in [1.29, 1.82) is 0 Å². The van der Waals surface area contributed by atoms with Crippen molar-refractivity contribution in [2.75, 3.05) is 5.32 Å². The van der Waals surface area contributed by atoms with E-state index >= 15 is 0 Å². The lowest BCUT2D eigenvalue weighted by atomic mass is 9.74. The van der Waals surface area contributed by atoms with E-state index in [1.54, 1.807) is 0 Å². The van der Waals surface area contributed by atoms with E-state index in [2.05, 4.69) is 104 Å². The zero-order chi connectivity index (χ0) is 21.0. The van der Waals surface area contributed by atoms with Crippen LogP contribution < -0.4 is 5.32 Å². The van der Waals surface area contributed by atoms with Gasteiger partial charge in [-0.05, 0) is 88.0 Å². The summed E-state index contributed by atoms with van der Waals surface area (Å²) in [7, 11) is 0. The highest BCUT2D eigenvalue weighted by molar-refractivity contribution is 5.84. The van der Waals surface area contributed by atoms with Gasteiger partial charge in [-0.15, -0.1) is 0 Å². The molecule has 0 aliphatic heterocycles. The van der Waals surface area contributed by atoms with Gasteiger partial charge in [0.15, 0.2) is 0 Å². The van der Waals surface area contributed by atoms with E-state index in [0.29, 0.717) is 0 Å². The standard InChI is InChI=1S/C30H27N/c1-3-30(4-2)28-12-8-7-11-26(28)27-16-14-23(19-29(27)30)31-22-13-15-25-21(18-22)17-20-9-5-6-10-24(20)25/h5-16,18-19,31H,3-4,17H2,1-2H3. The van der Waals surface area contributed by atoms with Gasteiger partial charge in [-0.3, -0.25) is 0 Å². The van der Waals surface area contributed by atoms with Gasteiger partial charge in [-0.25, -0.2) is 0 Å². The average Bonchev–Trinajstić information content (AvgIpc) is 3.32. The second-order valence-electron chi connectivity index (χ2n) is 8.93. The first kappa shape index (κ1) is 18.4. The van der Waals surface area contributed by atoms with Crippen LogP contribution in [0.1, 0.15) is 48.9 Å². The summed E-state index contributed by atoms with van der Waals surface area (Å²) in [6, 6.07) is 31.5. The predicted octanol–water partition coefficient (Wildman–Crippen LogP) is 8.09. The maximum atomic E-state index is 3.70. The van der Waals surface area contributed by atoms with Crippen molar-refractivity contribution in [1.82, 2.24) is 0 Å². The van der Waals surface area contributed by atoms with Crippen LogP contribution in [0.4, 0.5) is 11.4 Å². The Balaban J connectivity index is 1.37. The fourth-order valence-corrected chi connectivity index (χ4v) is 5.93. The van der Waals surface area contributed by atoms with Crippen molar-refractivity contribution in [2.45, 2.75) is 38.5 Å². The SMILES string of the molecule is CCC1(CC)c2ccccc2-c2ccc(Nc3ccc4c(c3)Cc3ccccc3-4)cc21. The fraction of sp³-hybridized carbons (Fsp3) is 0.200. The average molecular weight is 402 g/mol. The van der Waals surface area contributed by atoms with Gasteiger partial charge in [0.2, 0.25) is 0 Å². The molecular formula is C30H27N. The number of anilines is 2. The molecule has 2 aliphatic carbocycles. The molecule has 0 bridgehead atoms. The van der Waals surface area contributed by atoms with Crippen molar-refractivity contribution < 1.29 is 0 Å². The summed E-state index contributed by atoms with van der Waals surface area (Å²) in [5.74, 6) is 0. The van der Waals surface area contributed by atoms with Gasteiger partial charge < -0.3 is 5.32 Å². The summed E-state index contributed by atoms with van der Waals surface area (Å²) < 4.78 is 0.